The van der Waals surface area contributed by atoms with Crippen molar-refractivity contribution < 1.29 is 14.3 Å². The molecule has 2 heterocycles. The van der Waals surface area contributed by atoms with Gasteiger partial charge in [-0.3, -0.25) is 4.98 Å². The lowest BCUT2D eigenvalue weighted by atomic mass is 9.99. The van der Waals surface area contributed by atoms with Crippen molar-refractivity contribution >= 4 is 11.7 Å². The van der Waals surface area contributed by atoms with Crippen molar-refractivity contribution in [3.63, 3.8) is 0 Å². The van der Waals surface area contributed by atoms with E-state index >= 15 is 0 Å². The first-order chi connectivity index (χ1) is 15.1. The first kappa shape index (κ1) is 20.7. The summed E-state index contributed by atoms with van der Waals surface area (Å²) in [4.78, 5) is 18.7. The minimum absolute atomic E-state index is 0.321. The maximum atomic E-state index is 12.5. The van der Waals surface area contributed by atoms with E-state index in [0.29, 0.717) is 18.8 Å². The van der Waals surface area contributed by atoms with Crippen LogP contribution in [0.5, 0.6) is 11.5 Å². The molecule has 0 unspecified atom stereocenters. The predicted octanol–water partition coefficient (Wildman–Crippen LogP) is 5.28. The number of benzene rings is 2. The van der Waals surface area contributed by atoms with Crippen LogP contribution in [0.3, 0.4) is 0 Å². The summed E-state index contributed by atoms with van der Waals surface area (Å²) in [5.41, 5.74) is 5.69. The van der Waals surface area contributed by atoms with Crippen LogP contribution in [0.15, 0.2) is 72.9 Å². The Morgan fingerprint density at radius 1 is 1.00 bits per heavy atom. The smallest absolute Gasteiger partial charge is 0.415 e. The molecule has 0 spiro atoms. The Bertz CT molecular complexity index is 1060. The maximum absolute atomic E-state index is 12.5. The van der Waals surface area contributed by atoms with Crippen LogP contribution < -0.4 is 9.47 Å². The van der Waals surface area contributed by atoms with E-state index in [9.17, 15) is 4.79 Å². The zero-order valence-electron chi connectivity index (χ0n) is 17.9. The Morgan fingerprint density at radius 3 is 2.35 bits per heavy atom. The minimum atomic E-state index is -0.321. The highest BCUT2D eigenvalue weighted by atomic mass is 16.6. The standard InChI is InChI=1S/C26H26N2O3/c1-19-3-8-23(27-18-19)17-20-4-9-25(10-5-20)31-26(29)28-15-13-22(14-16-28)21-6-11-24(30-2)12-7-21/h3-13,18H,14-17H2,1-2H3. The monoisotopic (exact) mass is 414 g/mol. The zero-order valence-corrected chi connectivity index (χ0v) is 17.9. The first-order valence-corrected chi connectivity index (χ1v) is 10.4. The van der Waals surface area contributed by atoms with Crippen molar-refractivity contribution in [1.29, 1.82) is 0 Å². The summed E-state index contributed by atoms with van der Waals surface area (Å²) in [6.45, 7) is 3.20. The summed E-state index contributed by atoms with van der Waals surface area (Å²) in [7, 11) is 1.66. The molecule has 4 rings (SSSR count). The lowest BCUT2D eigenvalue weighted by Crippen LogP contribution is -2.36. The van der Waals surface area contributed by atoms with Crippen LogP contribution in [0.1, 0.15) is 28.8 Å². The molecule has 0 saturated heterocycles. The Morgan fingerprint density at radius 2 is 1.74 bits per heavy atom. The van der Waals surface area contributed by atoms with Gasteiger partial charge in [-0.1, -0.05) is 36.4 Å². The molecule has 31 heavy (non-hydrogen) atoms. The summed E-state index contributed by atoms with van der Waals surface area (Å²) in [6, 6.07) is 19.7. The fourth-order valence-corrected chi connectivity index (χ4v) is 3.56. The van der Waals surface area contributed by atoms with E-state index in [1.165, 1.54) is 5.57 Å². The number of ether oxygens (including phenoxy) is 2. The molecule has 5 heteroatoms. The van der Waals surface area contributed by atoms with Crippen LogP contribution in [0.2, 0.25) is 0 Å². The third-order valence-corrected chi connectivity index (χ3v) is 5.41. The molecule has 1 aliphatic rings. The number of methoxy groups -OCH3 is 1. The molecule has 1 amide bonds. The lowest BCUT2D eigenvalue weighted by molar-refractivity contribution is 0.157. The molecule has 0 N–H and O–H groups in total. The largest absolute Gasteiger partial charge is 0.497 e. The molecule has 0 fully saturated rings. The SMILES string of the molecule is COc1ccc(C2=CCN(C(=O)Oc3ccc(Cc4ccc(C)cn4)cc3)CC2)cc1. The fraction of sp³-hybridized carbons (Fsp3) is 0.231. The summed E-state index contributed by atoms with van der Waals surface area (Å²) >= 11 is 0. The van der Waals surface area contributed by atoms with Gasteiger partial charge < -0.3 is 14.4 Å². The van der Waals surface area contributed by atoms with Crippen LogP contribution in [-0.4, -0.2) is 36.2 Å². The average molecular weight is 415 g/mol. The van der Waals surface area contributed by atoms with Gasteiger partial charge >= 0.3 is 6.09 Å². The van der Waals surface area contributed by atoms with E-state index in [1.54, 1.807) is 12.0 Å². The van der Waals surface area contributed by atoms with Gasteiger partial charge in [-0.2, -0.15) is 0 Å². The van der Waals surface area contributed by atoms with E-state index in [-0.39, 0.29) is 6.09 Å². The number of hydrogen-bond donors (Lipinski definition) is 0. The molecule has 0 saturated carbocycles. The average Bonchev–Trinajstić information content (AvgIpc) is 2.82. The molecular formula is C26H26N2O3. The molecule has 1 aromatic heterocycles. The van der Waals surface area contributed by atoms with Gasteiger partial charge in [-0.15, -0.1) is 0 Å². The van der Waals surface area contributed by atoms with Crippen LogP contribution in [0.4, 0.5) is 4.79 Å². The van der Waals surface area contributed by atoms with E-state index < -0.39 is 0 Å². The van der Waals surface area contributed by atoms with Crippen molar-refractivity contribution in [2.45, 2.75) is 19.8 Å². The molecule has 1 aliphatic heterocycles. The molecule has 158 valence electrons. The minimum Gasteiger partial charge on any atom is -0.497 e. The van der Waals surface area contributed by atoms with Crippen LogP contribution in [-0.2, 0) is 6.42 Å². The van der Waals surface area contributed by atoms with Gasteiger partial charge in [-0.05, 0) is 65.9 Å². The molecule has 0 atom stereocenters. The number of hydrogen-bond acceptors (Lipinski definition) is 4. The summed E-state index contributed by atoms with van der Waals surface area (Å²) < 4.78 is 10.8. The first-order valence-electron chi connectivity index (χ1n) is 10.4. The second-order valence-electron chi connectivity index (χ2n) is 7.67. The number of nitrogens with zero attached hydrogens (tertiary/aromatic N) is 2. The normalized spacial score (nSPS) is 13.5. The number of rotatable bonds is 5. The molecule has 3 aromatic rings. The highest BCUT2D eigenvalue weighted by Crippen LogP contribution is 2.25. The lowest BCUT2D eigenvalue weighted by Gasteiger charge is -2.26. The summed E-state index contributed by atoms with van der Waals surface area (Å²) in [6.07, 6.45) is 5.18. The predicted molar refractivity (Wildman–Crippen MR) is 121 cm³/mol. The molecule has 0 radical (unpaired) electrons. The van der Waals surface area contributed by atoms with Crippen molar-refractivity contribution in [2.24, 2.45) is 0 Å². The van der Waals surface area contributed by atoms with Gasteiger partial charge in [-0.25, -0.2) is 4.79 Å². The van der Waals surface area contributed by atoms with Crippen molar-refractivity contribution in [3.05, 3.63) is 95.3 Å². The van der Waals surface area contributed by atoms with Crippen molar-refractivity contribution in [3.8, 4) is 11.5 Å². The molecular weight excluding hydrogens is 388 g/mol. The second kappa shape index (κ2) is 9.47. The second-order valence-corrected chi connectivity index (χ2v) is 7.67. The molecule has 0 bridgehead atoms. The van der Waals surface area contributed by atoms with Gasteiger partial charge in [0.1, 0.15) is 11.5 Å². The number of aromatic nitrogens is 1. The number of pyridine rings is 1. The van der Waals surface area contributed by atoms with Gasteiger partial charge in [0.2, 0.25) is 0 Å². The Balaban J connectivity index is 1.32. The van der Waals surface area contributed by atoms with Crippen LogP contribution in [0, 0.1) is 6.92 Å². The van der Waals surface area contributed by atoms with Gasteiger partial charge in [0.15, 0.2) is 0 Å². The molecule has 0 aliphatic carbocycles. The highest BCUT2D eigenvalue weighted by molar-refractivity contribution is 5.74. The quantitative estimate of drug-likeness (QED) is 0.570. The van der Waals surface area contributed by atoms with Crippen molar-refractivity contribution in [2.75, 3.05) is 20.2 Å². The van der Waals surface area contributed by atoms with Crippen LogP contribution >= 0.6 is 0 Å². The zero-order chi connectivity index (χ0) is 21.6. The Labute approximate surface area is 183 Å². The fourth-order valence-electron chi connectivity index (χ4n) is 3.56. The highest BCUT2D eigenvalue weighted by Gasteiger charge is 2.19. The molecule has 2 aromatic carbocycles. The van der Waals surface area contributed by atoms with E-state index in [4.69, 9.17) is 9.47 Å². The third kappa shape index (κ3) is 5.31. The van der Waals surface area contributed by atoms with Crippen molar-refractivity contribution in [1.82, 2.24) is 9.88 Å². The Kier molecular flexibility index (Phi) is 6.32. The summed E-state index contributed by atoms with van der Waals surface area (Å²) in [5, 5.41) is 0. The van der Waals surface area contributed by atoms with Gasteiger partial charge in [0.05, 0.1) is 7.11 Å². The van der Waals surface area contributed by atoms with Gasteiger partial charge in [0, 0.05) is 31.4 Å². The maximum Gasteiger partial charge on any atom is 0.415 e. The van der Waals surface area contributed by atoms with E-state index in [1.807, 2.05) is 67.7 Å². The topological polar surface area (TPSA) is 51.7 Å². The Hall–Kier alpha value is -3.60. The van der Waals surface area contributed by atoms with Crippen LogP contribution in [0.25, 0.3) is 5.57 Å². The number of aryl methyl sites for hydroxylation is 1. The summed E-state index contributed by atoms with van der Waals surface area (Å²) in [5.74, 6) is 1.39. The number of amides is 1. The number of carbonyl (C=O) groups is 1. The number of carbonyl (C=O) groups excluding carboxylic acids is 1. The third-order valence-electron chi connectivity index (χ3n) is 5.41. The van der Waals surface area contributed by atoms with E-state index in [0.717, 1.165) is 41.0 Å². The van der Waals surface area contributed by atoms with E-state index in [2.05, 4.69) is 17.1 Å². The van der Waals surface area contributed by atoms with Gasteiger partial charge in [0.25, 0.3) is 0 Å². The molecule has 5 nitrogen and oxygen atoms in total.